The van der Waals surface area contributed by atoms with Gasteiger partial charge >= 0.3 is 0 Å². The highest BCUT2D eigenvalue weighted by Crippen LogP contribution is 2.25. The molecule has 1 amide bonds. The normalized spacial score (nSPS) is 15.4. The minimum atomic E-state index is -0.452. The molecule has 3 aromatic rings. The van der Waals surface area contributed by atoms with E-state index in [9.17, 15) is 9.59 Å². The molecule has 8 nitrogen and oxygen atoms in total. The molecule has 1 N–H and O–H groups in total. The Balaban J connectivity index is 1.42. The number of nitrogens with one attached hydrogen (secondary N) is 1. The lowest BCUT2D eigenvalue weighted by molar-refractivity contribution is 0.102. The van der Waals surface area contributed by atoms with Crippen LogP contribution in [-0.2, 0) is 19.5 Å². The first kappa shape index (κ1) is 18.1. The third-order valence-electron chi connectivity index (χ3n) is 5.29. The van der Waals surface area contributed by atoms with Gasteiger partial charge in [-0.15, -0.1) is 10.2 Å². The number of benzene rings is 1. The van der Waals surface area contributed by atoms with E-state index in [1.807, 2.05) is 18.2 Å². The number of hydrogen-bond acceptors (Lipinski definition) is 6. The molecule has 148 valence electrons. The van der Waals surface area contributed by atoms with Crippen LogP contribution < -0.4 is 10.9 Å². The van der Waals surface area contributed by atoms with E-state index in [0.717, 1.165) is 48.8 Å². The van der Waals surface area contributed by atoms with Gasteiger partial charge in [0.1, 0.15) is 11.4 Å². The van der Waals surface area contributed by atoms with E-state index in [1.54, 1.807) is 10.6 Å². The molecule has 0 aliphatic carbocycles. The number of hydrogen-bond donors (Lipinski definition) is 1. The maximum Gasteiger partial charge on any atom is 0.267 e. The summed E-state index contributed by atoms with van der Waals surface area (Å²) in [5, 5.41) is 12.2. The average molecular weight is 408 g/mol. The van der Waals surface area contributed by atoms with Crippen molar-refractivity contribution in [3.8, 4) is 11.4 Å². The van der Waals surface area contributed by atoms with Gasteiger partial charge in [0.2, 0.25) is 0 Å². The third-order valence-corrected chi connectivity index (χ3v) is 6.26. The van der Waals surface area contributed by atoms with E-state index in [-0.39, 0.29) is 11.1 Å². The number of rotatable bonds is 3. The van der Waals surface area contributed by atoms with Gasteiger partial charge in [-0.25, -0.2) is 4.98 Å². The first-order valence-electron chi connectivity index (χ1n) is 9.77. The fourth-order valence-electron chi connectivity index (χ4n) is 3.81. The quantitative estimate of drug-likeness (QED) is 0.670. The van der Waals surface area contributed by atoms with Crippen molar-refractivity contribution in [1.82, 2.24) is 24.3 Å². The van der Waals surface area contributed by atoms with Crippen molar-refractivity contribution in [2.45, 2.75) is 43.9 Å². The van der Waals surface area contributed by atoms with Gasteiger partial charge < -0.3 is 9.88 Å². The Morgan fingerprint density at radius 3 is 2.97 bits per heavy atom. The molecule has 2 aliphatic rings. The number of anilines is 1. The molecule has 0 spiro atoms. The zero-order valence-corrected chi connectivity index (χ0v) is 16.6. The van der Waals surface area contributed by atoms with E-state index in [2.05, 4.69) is 25.1 Å². The van der Waals surface area contributed by atoms with Crippen LogP contribution in [0.15, 0.2) is 40.4 Å². The van der Waals surface area contributed by atoms with Gasteiger partial charge in [-0.1, -0.05) is 30.3 Å². The van der Waals surface area contributed by atoms with Gasteiger partial charge in [0.25, 0.3) is 11.5 Å². The van der Waals surface area contributed by atoms with E-state index in [4.69, 9.17) is 0 Å². The van der Waals surface area contributed by atoms with Crippen LogP contribution in [0.1, 0.15) is 35.4 Å². The van der Waals surface area contributed by atoms with Gasteiger partial charge in [0.05, 0.1) is 0 Å². The minimum absolute atomic E-state index is 0.0537. The molecular formula is C20H20N6O2S. The highest BCUT2D eigenvalue weighted by Gasteiger charge is 2.21. The summed E-state index contributed by atoms with van der Waals surface area (Å²) in [7, 11) is 0. The van der Waals surface area contributed by atoms with Crippen molar-refractivity contribution in [2.24, 2.45) is 0 Å². The van der Waals surface area contributed by atoms with Crippen LogP contribution in [0.2, 0.25) is 0 Å². The minimum Gasteiger partial charge on any atom is -0.322 e. The largest absolute Gasteiger partial charge is 0.322 e. The number of carbonyl (C=O) groups is 1. The van der Waals surface area contributed by atoms with Crippen LogP contribution in [0, 0.1) is 0 Å². The van der Waals surface area contributed by atoms with Crippen molar-refractivity contribution in [1.29, 1.82) is 0 Å². The Morgan fingerprint density at radius 1 is 1.10 bits per heavy atom. The number of aromatic nitrogens is 5. The molecule has 5 rings (SSSR count). The molecule has 4 heterocycles. The molecule has 0 fully saturated rings. The number of nitrogens with zero attached hydrogens (tertiary/aromatic N) is 5. The first-order valence-corrected chi connectivity index (χ1v) is 10.8. The predicted octanol–water partition coefficient (Wildman–Crippen LogP) is 2.59. The van der Waals surface area contributed by atoms with Crippen molar-refractivity contribution < 1.29 is 4.79 Å². The second-order valence-electron chi connectivity index (χ2n) is 7.20. The molecule has 9 heteroatoms. The van der Waals surface area contributed by atoms with E-state index >= 15 is 0 Å². The van der Waals surface area contributed by atoms with Gasteiger partial charge in [-0.05, 0) is 25.0 Å². The van der Waals surface area contributed by atoms with Crippen LogP contribution in [0.4, 0.5) is 5.69 Å². The maximum absolute atomic E-state index is 12.7. The molecule has 0 saturated carbocycles. The fourth-order valence-corrected chi connectivity index (χ4v) is 4.72. The molecule has 29 heavy (non-hydrogen) atoms. The van der Waals surface area contributed by atoms with Crippen LogP contribution in [-0.4, -0.2) is 36.0 Å². The summed E-state index contributed by atoms with van der Waals surface area (Å²) in [5.74, 6) is 2.18. The predicted molar refractivity (Wildman–Crippen MR) is 110 cm³/mol. The van der Waals surface area contributed by atoms with Gasteiger partial charge in [0, 0.05) is 42.7 Å². The highest BCUT2D eigenvalue weighted by atomic mass is 32.2. The van der Waals surface area contributed by atoms with Gasteiger partial charge in [0.15, 0.2) is 11.0 Å². The fraction of sp³-hybridized carbons (Fsp3) is 0.350. The highest BCUT2D eigenvalue weighted by molar-refractivity contribution is 7.99. The van der Waals surface area contributed by atoms with E-state index < -0.39 is 5.91 Å². The molecule has 0 atom stereocenters. The van der Waals surface area contributed by atoms with Crippen LogP contribution >= 0.6 is 11.8 Å². The maximum atomic E-state index is 12.7. The lowest BCUT2D eigenvalue weighted by Crippen LogP contribution is -2.29. The van der Waals surface area contributed by atoms with Crippen LogP contribution in [0.25, 0.3) is 11.4 Å². The smallest absolute Gasteiger partial charge is 0.267 e. The molecule has 1 aromatic carbocycles. The Kier molecular flexibility index (Phi) is 4.67. The summed E-state index contributed by atoms with van der Waals surface area (Å²) in [5.41, 5.74) is 1.26. The zero-order chi connectivity index (χ0) is 19.8. The first-order chi connectivity index (χ1) is 14.2. The lowest BCUT2D eigenvalue weighted by Gasteiger charge is -2.10. The number of fused-ring (bicyclic) bond motifs is 2. The van der Waals surface area contributed by atoms with Gasteiger partial charge in [-0.2, -0.15) is 0 Å². The second kappa shape index (κ2) is 7.47. The van der Waals surface area contributed by atoms with Crippen molar-refractivity contribution in [2.75, 3.05) is 11.1 Å². The molecule has 0 bridgehead atoms. The van der Waals surface area contributed by atoms with Crippen LogP contribution in [0.3, 0.4) is 0 Å². The molecule has 0 unspecified atom stereocenters. The number of aryl methyl sites for hydroxylation is 1. The van der Waals surface area contributed by atoms with E-state index in [0.29, 0.717) is 17.4 Å². The lowest BCUT2D eigenvalue weighted by atomic mass is 10.1. The summed E-state index contributed by atoms with van der Waals surface area (Å²) in [6, 6.07) is 7.50. The van der Waals surface area contributed by atoms with Crippen LogP contribution in [0.5, 0.6) is 0 Å². The number of amides is 1. The third kappa shape index (κ3) is 3.35. The summed E-state index contributed by atoms with van der Waals surface area (Å²) >= 11 is 1.52. The Morgan fingerprint density at radius 2 is 2.03 bits per heavy atom. The molecule has 0 radical (unpaired) electrons. The molecule has 2 aromatic heterocycles. The van der Waals surface area contributed by atoms with E-state index in [1.165, 1.54) is 24.4 Å². The van der Waals surface area contributed by atoms with Crippen molar-refractivity contribution in [3.63, 3.8) is 0 Å². The Bertz CT molecular complexity index is 1150. The molecule has 0 saturated heterocycles. The molecule has 2 aliphatic heterocycles. The van der Waals surface area contributed by atoms with Gasteiger partial charge in [-0.3, -0.25) is 14.2 Å². The average Bonchev–Trinajstić information content (AvgIpc) is 3.30. The van der Waals surface area contributed by atoms with Crippen molar-refractivity contribution in [3.05, 3.63) is 52.2 Å². The van der Waals surface area contributed by atoms with Crippen molar-refractivity contribution >= 4 is 23.4 Å². The summed E-state index contributed by atoms with van der Waals surface area (Å²) in [6.07, 6.45) is 5.75. The zero-order valence-electron chi connectivity index (χ0n) is 15.8. The summed E-state index contributed by atoms with van der Waals surface area (Å²) in [6.45, 7) is 1.49. The standard InChI is InChI=1S/C20H20N6O2S/c27-18(15-12-21-20-26(19(15)28)9-10-29-20)22-14-6-4-5-13(11-14)17-24-23-16-7-2-1-3-8-25(16)17/h4-6,11-12H,1-3,7-10H2,(H,22,27). The number of carbonyl (C=O) groups excluding carboxylic acids is 1. The summed E-state index contributed by atoms with van der Waals surface area (Å²) < 4.78 is 3.73. The topological polar surface area (TPSA) is 94.7 Å². The number of thioether (sulfide) groups is 1. The second-order valence-corrected chi connectivity index (χ2v) is 8.26. The monoisotopic (exact) mass is 408 g/mol. The Labute approximate surface area is 171 Å². The Hall–Kier alpha value is -2.94. The molecular weight excluding hydrogens is 388 g/mol. The summed E-state index contributed by atoms with van der Waals surface area (Å²) in [4.78, 5) is 29.5. The SMILES string of the molecule is O=C(Nc1cccc(-c2nnc3n2CCCCC3)c1)c1cnc2n(c1=O)CCS2.